The number of para-hydroxylation sites is 2. The van der Waals surface area contributed by atoms with E-state index < -0.39 is 5.41 Å². The van der Waals surface area contributed by atoms with Crippen molar-refractivity contribution in [2.75, 3.05) is 37.0 Å². The van der Waals surface area contributed by atoms with Crippen molar-refractivity contribution in [1.29, 1.82) is 0 Å². The van der Waals surface area contributed by atoms with Gasteiger partial charge in [0.15, 0.2) is 0 Å². The van der Waals surface area contributed by atoms with Crippen LogP contribution in [0.5, 0.6) is 0 Å². The van der Waals surface area contributed by atoms with Gasteiger partial charge in [-0.2, -0.15) is 0 Å². The lowest BCUT2D eigenvalue weighted by Gasteiger charge is -2.37. The maximum Gasteiger partial charge on any atom is 0.319 e. The molecule has 0 bridgehead atoms. The second-order valence-electron chi connectivity index (χ2n) is 7.47. The Balaban J connectivity index is 2.07. The smallest absolute Gasteiger partial charge is 0.319 e. The molecule has 1 aliphatic heterocycles. The normalized spacial score (nSPS) is 19.8. The zero-order chi connectivity index (χ0) is 20.7. The first-order valence-electron chi connectivity index (χ1n) is 9.98. The predicted molar refractivity (Wildman–Crippen MR) is 111 cm³/mol. The maximum atomic E-state index is 12.5. The van der Waals surface area contributed by atoms with E-state index in [1.165, 1.54) is 7.11 Å². The number of methoxy groups -OCH3 is 1. The van der Waals surface area contributed by atoms with Crippen molar-refractivity contribution >= 4 is 23.4 Å². The van der Waals surface area contributed by atoms with E-state index in [2.05, 4.69) is 15.5 Å². The number of hydrogen-bond donors (Lipinski definition) is 2. The molecule has 1 aromatic carbocycles. The first-order chi connectivity index (χ1) is 13.3. The SMILES string of the molecule is CCC(CC)(CNC(=O)Nc1ccccc1N1C[C@@H](C)O[C@@H](C)C1)C(=O)OC. The third kappa shape index (κ3) is 5.16. The van der Waals surface area contributed by atoms with Gasteiger partial charge < -0.3 is 25.0 Å². The number of morpholine rings is 1. The van der Waals surface area contributed by atoms with Gasteiger partial charge in [0.05, 0.1) is 36.1 Å². The van der Waals surface area contributed by atoms with Crippen molar-refractivity contribution in [1.82, 2.24) is 5.32 Å². The van der Waals surface area contributed by atoms with Gasteiger partial charge >= 0.3 is 12.0 Å². The minimum Gasteiger partial charge on any atom is -0.469 e. The number of hydrogen-bond acceptors (Lipinski definition) is 5. The summed E-state index contributed by atoms with van der Waals surface area (Å²) < 4.78 is 10.7. The Bertz CT molecular complexity index is 665. The van der Waals surface area contributed by atoms with Crippen molar-refractivity contribution in [2.24, 2.45) is 5.41 Å². The molecule has 156 valence electrons. The maximum absolute atomic E-state index is 12.5. The third-order valence-electron chi connectivity index (χ3n) is 5.47. The molecule has 0 saturated carbocycles. The number of rotatable bonds is 7. The first-order valence-corrected chi connectivity index (χ1v) is 9.98. The van der Waals surface area contributed by atoms with Gasteiger partial charge in [0.1, 0.15) is 0 Å². The van der Waals surface area contributed by atoms with Crippen LogP contribution >= 0.6 is 0 Å². The Morgan fingerprint density at radius 3 is 2.36 bits per heavy atom. The highest BCUT2D eigenvalue weighted by Crippen LogP contribution is 2.29. The molecule has 1 aliphatic rings. The highest BCUT2D eigenvalue weighted by atomic mass is 16.5. The van der Waals surface area contributed by atoms with E-state index in [9.17, 15) is 9.59 Å². The molecule has 28 heavy (non-hydrogen) atoms. The van der Waals surface area contributed by atoms with E-state index in [1.54, 1.807) is 0 Å². The number of carbonyl (C=O) groups is 2. The average molecular weight is 392 g/mol. The summed E-state index contributed by atoms with van der Waals surface area (Å²) in [5, 5.41) is 5.77. The van der Waals surface area contributed by atoms with E-state index in [0.717, 1.165) is 24.5 Å². The number of urea groups is 1. The largest absolute Gasteiger partial charge is 0.469 e. The molecule has 2 amide bonds. The van der Waals surface area contributed by atoms with Crippen LogP contribution in [0.1, 0.15) is 40.5 Å². The number of nitrogens with one attached hydrogen (secondary N) is 2. The number of amides is 2. The van der Waals surface area contributed by atoms with E-state index in [4.69, 9.17) is 9.47 Å². The van der Waals surface area contributed by atoms with Gasteiger partial charge in [0.25, 0.3) is 0 Å². The van der Waals surface area contributed by atoms with Crippen LogP contribution in [0.2, 0.25) is 0 Å². The van der Waals surface area contributed by atoms with Crippen LogP contribution in [0.25, 0.3) is 0 Å². The Hall–Kier alpha value is -2.28. The number of carbonyl (C=O) groups excluding carboxylic acids is 2. The standard InChI is InChI=1S/C21H33N3O4/c1-6-21(7-2,19(25)27-5)14-22-20(26)23-17-10-8-9-11-18(17)24-12-15(3)28-16(4)13-24/h8-11,15-16H,6-7,12-14H2,1-5H3,(H2,22,23,26)/t15-,16+. The number of ether oxygens (including phenoxy) is 2. The average Bonchev–Trinajstić information content (AvgIpc) is 2.68. The van der Waals surface area contributed by atoms with Crippen molar-refractivity contribution in [3.05, 3.63) is 24.3 Å². The molecule has 0 spiro atoms. The number of nitrogens with zero attached hydrogens (tertiary/aromatic N) is 1. The van der Waals surface area contributed by atoms with Gasteiger partial charge in [0, 0.05) is 19.6 Å². The lowest BCUT2D eigenvalue weighted by Crippen LogP contribution is -2.46. The first kappa shape index (κ1) is 22.0. The molecule has 1 fully saturated rings. The molecule has 2 atom stereocenters. The lowest BCUT2D eigenvalue weighted by molar-refractivity contribution is -0.152. The number of esters is 1. The summed E-state index contributed by atoms with van der Waals surface area (Å²) in [6, 6.07) is 7.39. The van der Waals surface area contributed by atoms with Gasteiger partial charge in [-0.05, 0) is 38.8 Å². The van der Waals surface area contributed by atoms with Crippen molar-refractivity contribution in [2.45, 2.75) is 52.7 Å². The summed E-state index contributed by atoms with van der Waals surface area (Å²) in [5.41, 5.74) is 0.989. The molecule has 0 aliphatic carbocycles. The van der Waals surface area contributed by atoms with Gasteiger partial charge in [-0.25, -0.2) is 4.79 Å². The topological polar surface area (TPSA) is 79.9 Å². The number of anilines is 2. The molecule has 1 saturated heterocycles. The molecular formula is C21H33N3O4. The van der Waals surface area contributed by atoms with Crippen LogP contribution in [0.4, 0.5) is 16.2 Å². The fraction of sp³-hybridized carbons (Fsp3) is 0.619. The second kappa shape index (κ2) is 9.78. The molecule has 2 rings (SSSR count). The van der Waals surface area contributed by atoms with E-state index in [1.807, 2.05) is 52.0 Å². The molecule has 0 unspecified atom stereocenters. The van der Waals surface area contributed by atoms with Gasteiger partial charge in [0.2, 0.25) is 0 Å². The summed E-state index contributed by atoms with van der Waals surface area (Å²) in [6.07, 6.45) is 1.44. The molecule has 1 aromatic rings. The summed E-state index contributed by atoms with van der Waals surface area (Å²) >= 11 is 0. The minimum atomic E-state index is -0.708. The van der Waals surface area contributed by atoms with Crippen molar-refractivity contribution < 1.29 is 19.1 Å². The zero-order valence-corrected chi connectivity index (χ0v) is 17.6. The lowest BCUT2D eigenvalue weighted by atomic mass is 9.82. The monoisotopic (exact) mass is 391 g/mol. The van der Waals surface area contributed by atoms with Crippen LogP contribution in [0.15, 0.2) is 24.3 Å². The summed E-state index contributed by atoms with van der Waals surface area (Å²) in [5.74, 6) is -0.297. The zero-order valence-electron chi connectivity index (χ0n) is 17.6. The Kier molecular flexibility index (Phi) is 7.69. The minimum absolute atomic E-state index is 0.125. The summed E-state index contributed by atoms with van der Waals surface area (Å²) in [7, 11) is 1.38. The van der Waals surface area contributed by atoms with Crippen LogP contribution < -0.4 is 15.5 Å². The van der Waals surface area contributed by atoms with Crippen LogP contribution in [-0.4, -0.2) is 51.0 Å². The molecule has 7 heteroatoms. The number of benzene rings is 1. The molecular weight excluding hydrogens is 358 g/mol. The molecule has 1 heterocycles. The molecule has 0 aromatic heterocycles. The molecule has 7 nitrogen and oxygen atoms in total. The van der Waals surface area contributed by atoms with E-state index >= 15 is 0 Å². The Morgan fingerprint density at radius 1 is 1.18 bits per heavy atom. The van der Waals surface area contributed by atoms with Gasteiger partial charge in [-0.1, -0.05) is 26.0 Å². The summed E-state index contributed by atoms with van der Waals surface area (Å²) in [4.78, 5) is 27.0. The molecule has 2 N–H and O–H groups in total. The Labute approximate surface area is 167 Å². The molecule has 0 radical (unpaired) electrons. The van der Waals surface area contributed by atoms with E-state index in [0.29, 0.717) is 12.8 Å². The highest BCUT2D eigenvalue weighted by Gasteiger charge is 2.36. The fourth-order valence-corrected chi connectivity index (χ4v) is 3.72. The third-order valence-corrected chi connectivity index (χ3v) is 5.47. The van der Waals surface area contributed by atoms with Crippen LogP contribution in [0, 0.1) is 5.41 Å². The van der Waals surface area contributed by atoms with Crippen LogP contribution in [-0.2, 0) is 14.3 Å². The second-order valence-corrected chi connectivity index (χ2v) is 7.47. The van der Waals surface area contributed by atoms with E-state index in [-0.39, 0.29) is 30.8 Å². The van der Waals surface area contributed by atoms with Crippen molar-refractivity contribution in [3.8, 4) is 0 Å². The Morgan fingerprint density at radius 2 is 1.79 bits per heavy atom. The van der Waals surface area contributed by atoms with Crippen LogP contribution in [0.3, 0.4) is 0 Å². The van der Waals surface area contributed by atoms with Gasteiger partial charge in [-0.3, -0.25) is 4.79 Å². The van der Waals surface area contributed by atoms with Crippen molar-refractivity contribution in [3.63, 3.8) is 0 Å². The van der Waals surface area contributed by atoms with Gasteiger partial charge in [-0.15, -0.1) is 0 Å². The predicted octanol–water partition coefficient (Wildman–Crippen LogP) is 3.40. The quantitative estimate of drug-likeness (QED) is 0.697. The fourth-order valence-electron chi connectivity index (χ4n) is 3.72. The highest BCUT2D eigenvalue weighted by molar-refractivity contribution is 5.93. The summed E-state index contributed by atoms with van der Waals surface area (Å²) in [6.45, 7) is 9.71.